The Kier molecular flexibility index (Phi) is 2.52. The van der Waals surface area contributed by atoms with Crippen molar-refractivity contribution in [2.45, 2.75) is 5.54 Å². The molecule has 5 heteroatoms. The van der Waals surface area contributed by atoms with E-state index in [0.717, 1.165) is 0 Å². The second-order valence-electron chi connectivity index (χ2n) is 4.27. The van der Waals surface area contributed by atoms with E-state index in [0.29, 0.717) is 11.1 Å². The van der Waals surface area contributed by atoms with E-state index in [4.69, 9.17) is 0 Å². The molecule has 0 radical (unpaired) electrons. The van der Waals surface area contributed by atoms with Crippen LogP contribution in [0.2, 0.25) is 0 Å². The van der Waals surface area contributed by atoms with E-state index in [1.807, 2.05) is 18.2 Å². The van der Waals surface area contributed by atoms with Crippen LogP contribution >= 0.6 is 0 Å². The van der Waals surface area contributed by atoms with Gasteiger partial charge in [-0.2, -0.15) is 0 Å². The molecule has 2 N–H and O–H groups in total. The van der Waals surface area contributed by atoms with E-state index in [1.165, 1.54) is 0 Å². The van der Waals surface area contributed by atoms with E-state index in [1.54, 1.807) is 36.7 Å². The number of rotatable bonds is 2. The summed E-state index contributed by atoms with van der Waals surface area (Å²) in [5.41, 5.74) is 0.128. The fraction of sp³-hybridized carbons (Fsp3) is 0.0714. The molecule has 5 nitrogen and oxygen atoms in total. The molecule has 0 aliphatic carbocycles. The van der Waals surface area contributed by atoms with Crippen molar-refractivity contribution in [2.24, 2.45) is 0 Å². The predicted octanol–water partition coefficient (Wildman–Crippen LogP) is 1.16. The molecule has 1 saturated heterocycles. The summed E-state index contributed by atoms with van der Waals surface area (Å²) in [5, 5.41) is 5.00. The number of amides is 3. The Hall–Kier alpha value is -2.69. The molecule has 94 valence electrons. The SMILES string of the molecule is O=C1NC(=O)C(c2ccccc2)(c2cccnc2)N1. The highest BCUT2D eigenvalue weighted by Crippen LogP contribution is 2.31. The summed E-state index contributed by atoms with van der Waals surface area (Å²) in [7, 11) is 0. The zero-order valence-corrected chi connectivity index (χ0v) is 9.96. The first kappa shape index (κ1) is 11.4. The van der Waals surface area contributed by atoms with Crippen molar-refractivity contribution in [1.29, 1.82) is 0 Å². The van der Waals surface area contributed by atoms with Crippen LogP contribution in [0, 0.1) is 0 Å². The van der Waals surface area contributed by atoms with Crippen LogP contribution in [0.3, 0.4) is 0 Å². The summed E-state index contributed by atoms with van der Waals surface area (Å²) in [6.07, 6.45) is 3.20. The fourth-order valence-corrected chi connectivity index (χ4v) is 2.30. The molecule has 1 fully saturated rings. The van der Waals surface area contributed by atoms with Gasteiger partial charge in [0, 0.05) is 18.0 Å². The zero-order chi connectivity index (χ0) is 13.3. The first-order chi connectivity index (χ1) is 9.23. The quantitative estimate of drug-likeness (QED) is 0.789. The molecule has 0 saturated carbocycles. The van der Waals surface area contributed by atoms with Gasteiger partial charge in [-0.15, -0.1) is 0 Å². The molecular formula is C14H11N3O2. The van der Waals surface area contributed by atoms with E-state index in [9.17, 15) is 9.59 Å². The number of urea groups is 1. The molecule has 19 heavy (non-hydrogen) atoms. The molecule has 2 heterocycles. The smallest absolute Gasteiger partial charge is 0.316 e. The zero-order valence-electron chi connectivity index (χ0n) is 9.96. The first-order valence-electron chi connectivity index (χ1n) is 5.83. The molecule has 1 unspecified atom stereocenters. The number of hydrogen-bond donors (Lipinski definition) is 2. The molecule has 3 rings (SSSR count). The van der Waals surface area contributed by atoms with Crippen LogP contribution in [0.15, 0.2) is 54.9 Å². The number of benzene rings is 1. The minimum absolute atomic E-state index is 0.392. The van der Waals surface area contributed by atoms with Gasteiger partial charge in [0.05, 0.1) is 0 Å². The summed E-state index contributed by atoms with van der Waals surface area (Å²) in [4.78, 5) is 27.9. The molecule has 0 bridgehead atoms. The van der Waals surface area contributed by atoms with Crippen LogP contribution in [0.1, 0.15) is 11.1 Å². The Morgan fingerprint density at radius 3 is 2.26 bits per heavy atom. The lowest BCUT2D eigenvalue weighted by atomic mass is 9.84. The third-order valence-electron chi connectivity index (χ3n) is 3.17. The Morgan fingerprint density at radius 2 is 1.68 bits per heavy atom. The number of carbonyl (C=O) groups excluding carboxylic acids is 2. The van der Waals surface area contributed by atoms with Crippen LogP contribution in [0.5, 0.6) is 0 Å². The largest absolute Gasteiger partial charge is 0.322 e. The first-order valence-corrected chi connectivity index (χ1v) is 5.83. The Morgan fingerprint density at radius 1 is 0.947 bits per heavy atom. The number of nitrogens with zero attached hydrogens (tertiary/aromatic N) is 1. The van der Waals surface area contributed by atoms with Crippen molar-refractivity contribution in [3.05, 3.63) is 66.0 Å². The van der Waals surface area contributed by atoms with E-state index >= 15 is 0 Å². The molecule has 0 spiro atoms. The number of aromatic nitrogens is 1. The van der Waals surface area contributed by atoms with Crippen LogP contribution in [-0.2, 0) is 10.3 Å². The number of carbonyl (C=O) groups is 2. The van der Waals surface area contributed by atoms with Gasteiger partial charge < -0.3 is 5.32 Å². The van der Waals surface area contributed by atoms with Gasteiger partial charge in [0.15, 0.2) is 5.54 Å². The molecule has 1 aromatic heterocycles. The van der Waals surface area contributed by atoms with Crippen LogP contribution in [-0.4, -0.2) is 16.9 Å². The molecule has 2 aromatic rings. The van der Waals surface area contributed by atoms with Gasteiger partial charge >= 0.3 is 6.03 Å². The van der Waals surface area contributed by atoms with Crippen molar-refractivity contribution in [3.8, 4) is 0 Å². The number of imide groups is 1. The highest BCUT2D eigenvalue weighted by atomic mass is 16.2. The average Bonchev–Trinajstić information content (AvgIpc) is 2.76. The second-order valence-corrected chi connectivity index (χ2v) is 4.27. The molecule has 1 aliphatic heterocycles. The highest BCUT2D eigenvalue weighted by molar-refractivity contribution is 6.09. The lowest BCUT2D eigenvalue weighted by molar-refractivity contribution is -0.122. The van der Waals surface area contributed by atoms with Crippen LogP contribution in [0.25, 0.3) is 0 Å². The maximum atomic E-state index is 12.3. The number of pyridine rings is 1. The number of hydrogen-bond acceptors (Lipinski definition) is 3. The summed E-state index contributed by atoms with van der Waals surface area (Å²) in [6, 6.07) is 12.1. The van der Waals surface area contributed by atoms with E-state index in [-0.39, 0.29) is 0 Å². The van der Waals surface area contributed by atoms with Gasteiger partial charge in [-0.25, -0.2) is 4.79 Å². The standard InChI is InChI=1S/C14H11N3O2/c18-12-14(17-13(19)16-12,10-5-2-1-3-6-10)11-7-4-8-15-9-11/h1-9H,(H2,16,17,18,19). The number of nitrogens with one attached hydrogen (secondary N) is 2. The van der Waals surface area contributed by atoms with Crippen molar-refractivity contribution in [3.63, 3.8) is 0 Å². The van der Waals surface area contributed by atoms with Crippen molar-refractivity contribution >= 4 is 11.9 Å². The Balaban J connectivity index is 2.23. The molecule has 1 aliphatic rings. The second kappa shape index (κ2) is 4.20. The van der Waals surface area contributed by atoms with Crippen molar-refractivity contribution in [1.82, 2.24) is 15.6 Å². The normalized spacial score (nSPS) is 21.9. The Bertz CT molecular complexity index is 586. The maximum absolute atomic E-state index is 12.3. The lowest BCUT2D eigenvalue weighted by Gasteiger charge is -2.26. The van der Waals surface area contributed by atoms with Crippen LogP contribution in [0.4, 0.5) is 4.79 Å². The van der Waals surface area contributed by atoms with E-state index in [2.05, 4.69) is 15.6 Å². The monoisotopic (exact) mass is 253 g/mol. The average molecular weight is 253 g/mol. The van der Waals surface area contributed by atoms with Gasteiger partial charge in [-0.3, -0.25) is 15.1 Å². The van der Waals surface area contributed by atoms with Crippen molar-refractivity contribution < 1.29 is 9.59 Å². The highest BCUT2D eigenvalue weighted by Gasteiger charge is 2.49. The maximum Gasteiger partial charge on any atom is 0.322 e. The van der Waals surface area contributed by atoms with Gasteiger partial charge in [-0.05, 0) is 11.6 Å². The lowest BCUT2D eigenvalue weighted by Crippen LogP contribution is -2.44. The summed E-state index contributed by atoms with van der Waals surface area (Å²) in [5.74, 6) is -0.392. The summed E-state index contributed by atoms with van der Waals surface area (Å²) < 4.78 is 0. The summed E-state index contributed by atoms with van der Waals surface area (Å²) >= 11 is 0. The van der Waals surface area contributed by atoms with Gasteiger partial charge in [-0.1, -0.05) is 36.4 Å². The minimum Gasteiger partial charge on any atom is -0.316 e. The Labute approximate surface area is 109 Å². The minimum atomic E-state index is -1.20. The predicted molar refractivity (Wildman–Crippen MR) is 68.1 cm³/mol. The third kappa shape index (κ3) is 1.67. The molecular weight excluding hydrogens is 242 g/mol. The van der Waals surface area contributed by atoms with Gasteiger partial charge in [0.1, 0.15) is 0 Å². The van der Waals surface area contributed by atoms with Crippen molar-refractivity contribution in [2.75, 3.05) is 0 Å². The molecule has 1 aromatic carbocycles. The molecule has 3 amide bonds. The van der Waals surface area contributed by atoms with Crippen LogP contribution < -0.4 is 10.6 Å². The van der Waals surface area contributed by atoms with Gasteiger partial charge in [0.2, 0.25) is 0 Å². The third-order valence-corrected chi connectivity index (χ3v) is 3.17. The van der Waals surface area contributed by atoms with E-state index < -0.39 is 17.5 Å². The van der Waals surface area contributed by atoms with Gasteiger partial charge in [0.25, 0.3) is 5.91 Å². The fourth-order valence-electron chi connectivity index (χ4n) is 2.30. The topological polar surface area (TPSA) is 71.1 Å². The molecule has 1 atom stereocenters. The summed E-state index contributed by atoms with van der Waals surface area (Å²) in [6.45, 7) is 0.